The zero-order valence-corrected chi connectivity index (χ0v) is 11.1. The van der Waals surface area contributed by atoms with E-state index >= 15 is 0 Å². The van der Waals surface area contributed by atoms with Crippen LogP contribution in [-0.4, -0.2) is 9.55 Å². The molecule has 0 aliphatic carbocycles. The summed E-state index contributed by atoms with van der Waals surface area (Å²) in [6.07, 6.45) is 2.11. The second-order valence-corrected chi connectivity index (χ2v) is 5.37. The molecule has 2 aromatic heterocycles. The Bertz CT molecular complexity index is 681. The summed E-state index contributed by atoms with van der Waals surface area (Å²) < 4.78 is 2.23. The van der Waals surface area contributed by atoms with Gasteiger partial charge in [0.15, 0.2) is 0 Å². The maximum Gasteiger partial charge on any atom is 0.113 e. The van der Waals surface area contributed by atoms with Crippen LogP contribution in [0.4, 0.5) is 0 Å². The minimum atomic E-state index is 0.590. The summed E-state index contributed by atoms with van der Waals surface area (Å²) in [7, 11) is 0. The van der Waals surface area contributed by atoms with Crippen LogP contribution in [0.1, 0.15) is 16.3 Å². The summed E-state index contributed by atoms with van der Waals surface area (Å²) in [6, 6.07) is 8.51. The van der Waals surface area contributed by atoms with Gasteiger partial charge in [-0.1, -0.05) is 6.07 Å². The van der Waals surface area contributed by atoms with Crippen LogP contribution in [-0.2, 0) is 13.1 Å². The zero-order valence-electron chi connectivity index (χ0n) is 10.3. The molecule has 2 N–H and O–H groups in total. The van der Waals surface area contributed by atoms with Gasteiger partial charge in [0.05, 0.1) is 6.54 Å². The molecule has 18 heavy (non-hydrogen) atoms. The van der Waals surface area contributed by atoms with Crippen molar-refractivity contribution in [3.63, 3.8) is 0 Å². The maximum atomic E-state index is 5.66. The summed E-state index contributed by atoms with van der Waals surface area (Å²) >= 11 is 1.71. The third-order valence-electron chi connectivity index (χ3n) is 3.04. The number of nitrogens with zero attached hydrogens (tertiary/aromatic N) is 2. The van der Waals surface area contributed by atoms with Crippen LogP contribution in [0.5, 0.6) is 0 Å². The van der Waals surface area contributed by atoms with Crippen molar-refractivity contribution in [2.24, 2.45) is 5.73 Å². The van der Waals surface area contributed by atoms with Crippen LogP contribution in [0.25, 0.3) is 10.9 Å². The summed E-state index contributed by atoms with van der Waals surface area (Å²) in [6.45, 7) is 3.46. The van der Waals surface area contributed by atoms with Crippen molar-refractivity contribution in [2.45, 2.75) is 20.0 Å². The smallest absolute Gasteiger partial charge is 0.113 e. The Labute approximate surface area is 110 Å². The van der Waals surface area contributed by atoms with Gasteiger partial charge in [-0.3, -0.25) is 0 Å². The lowest BCUT2D eigenvalue weighted by Crippen LogP contribution is -1.98. The van der Waals surface area contributed by atoms with Gasteiger partial charge < -0.3 is 10.3 Å². The highest BCUT2D eigenvalue weighted by atomic mass is 32.1. The summed E-state index contributed by atoms with van der Waals surface area (Å²) in [4.78, 5) is 4.50. The predicted molar refractivity (Wildman–Crippen MR) is 75.8 cm³/mol. The van der Waals surface area contributed by atoms with E-state index in [-0.39, 0.29) is 0 Å². The first kappa shape index (κ1) is 11.4. The van der Waals surface area contributed by atoms with Crippen LogP contribution >= 0.6 is 11.3 Å². The molecule has 3 rings (SSSR count). The largest absolute Gasteiger partial charge is 0.341 e. The number of hydrogen-bond donors (Lipinski definition) is 1. The Morgan fingerprint density at radius 3 is 2.94 bits per heavy atom. The number of fused-ring (bicyclic) bond motifs is 1. The molecule has 0 saturated carbocycles. The fourth-order valence-electron chi connectivity index (χ4n) is 2.14. The molecule has 0 spiro atoms. The Hall–Kier alpha value is -1.65. The average molecular weight is 257 g/mol. The SMILES string of the molecule is Cc1csc(Cn2ccc3cc(CN)ccc32)n1. The standard InChI is InChI=1S/C14H15N3S/c1-10-9-18-14(16-10)8-17-5-4-12-6-11(7-15)2-3-13(12)17/h2-6,9H,7-8,15H2,1H3. The molecule has 92 valence electrons. The molecule has 0 aliphatic rings. The van der Waals surface area contributed by atoms with Crippen LogP contribution in [0.3, 0.4) is 0 Å². The summed E-state index contributed by atoms with van der Waals surface area (Å²) in [5, 5.41) is 4.48. The molecule has 0 aliphatic heterocycles. The van der Waals surface area contributed by atoms with E-state index in [1.165, 1.54) is 16.5 Å². The first-order valence-electron chi connectivity index (χ1n) is 5.95. The van der Waals surface area contributed by atoms with Crippen molar-refractivity contribution in [1.29, 1.82) is 0 Å². The van der Waals surface area contributed by atoms with Gasteiger partial charge in [-0.2, -0.15) is 0 Å². The van der Waals surface area contributed by atoms with E-state index in [0.29, 0.717) is 6.54 Å². The molecule has 0 unspecified atom stereocenters. The number of nitrogens with two attached hydrogens (primary N) is 1. The Kier molecular flexibility index (Phi) is 2.89. The summed E-state index contributed by atoms with van der Waals surface area (Å²) in [5.74, 6) is 0. The first-order chi connectivity index (χ1) is 8.76. The van der Waals surface area contributed by atoms with Gasteiger partial charge in [-0.05, 0) is 36.1 Å². The Morgan fingerprint density at radius 2 is 2.22 bits per heavy atom. The van der Waals surface area contributed by atoms with E-state index in [1.54, 1.807) is 11.3 Å². The number of hydrogen-bond acceptors (Lipinski definition) is 3. The monoisotopic (exact) mass is 257 g/mol. The van der Waals surface area contributed by atoms with Crippen molar-refractivity contribution >= 4 is 22.2 Å². The normalized spacial score (nSPS) is 11.2. The van der Waals surface area contributed by atoms with Crippen molar-refractivity contribution in [2.75, 3.05) is 0 Å². The van der Waals surface area contributed by atoms with Gasteiger partial charge in [0, 0.05) is 29.3 Å². The molecule has 0 fully saturated rings. The average Bonchev–Trinajstić information content (AvgIpc) is 2.96. The predicted octanol–water partition coefficient (Wildman–Crippen LogP) is 2.91. The Balaban J connectivity index is 1.97. The van der Waals surface area contributed by atoms with Gasteiger partial charge in [-0.15, -0.1) is 11.3 Å². The lowest BCUT2D eigenvalue weighted by atomic mass is 10.1. The molecule has 3 nitrogen and oxygen atoms in total. The highest BCUT2D eigenvalue weighted by Gasteiger charge is 2.04. The minimum absolute atomic E-state index is 0.590. The van der Waals surface area contributed by atoms with Crippen LogP contribution in [0.2, 0.25) is 0 Å². The van der Waals surface area contributed by atoms with Crippen LogP contribution in [0, 0.1) is 6.92 Å². The van der Waals surface area contributed by atoms with Crippen LogP contribution < -0.4 is 5.73 Å². The summed E-state index contributed by atoms with van der Waals surface area (Å²) in [5.41, 5.74) is 9.16. The molecular formula is C14H15N3S. The molecule has 1 aromatic carbocycles. The highest BCUT2D eigenvalue weighted by Crippen LogP contribution is 2.20. The third-order valence-corrected chi connectivity index (χ3v) is 3.99. The molecular weight excluding hydrogens is 242 g/mol. The minimum Gasteiger partial charge on any atom is -0.341 e. The number of benzene rings is 1. The van der Waals surface area contributed by atoms with Crippen molar-refractivity contribution in [1.82, 2.24) is 9.55 Å². The van der Waals surface area contributed by atoms with Gasteiger partial charge >= 0.3 is 0 Å². The highest BCUT2D eigenvalue weighted by molar-refractivity contribution is 7.09. The number of thiazole rings is 1. The van der Waals surface area contributed by atoms with Gasteiger partial charge in [0.25, 0.3) is 0 Å². The van der Waals surface area contributed by atoms with Crippen molar-refractivity contribution < 1.29 is 0 Å². The molecule has 0 radical (unpaired) electrons. The number of aromatic nitrogens is 2. The molecule has 0 saturated heterocycles. The molecule has 2 heterocycles. The fourth-order valence-corrected chi connectivity index (χ4v) is 2.91. The second kappa shape index (κ2) is 4.55. The van der Waals surface area contributed by atoms with Crippen molar-refractivity contribution in [3.8, 4) is 0 Å². The lowest BCUT2D eigenvalue weighted by molar-refractivity contribution is 0.824. The van der Waals surface area contributed by atoms with E-state index in [2.05, 4.69) is 45.4 Å². The van der Waals surface area contributed by atoms with Crippen molar-refractivity contribution in [3.05, 3.63) is 52.1 Å². The number of rotatable bonds is 3. The zero-order chi connectivity index (χ0) is 12.5. The lowest BCUT2D eigenvalue weighted by Gasteiger charge is -2.03. The topological polar surface area (TPSA) is 43.8 Å². The molecule has 3 aromatic rings. The maximum absolute atomic E-state index is 5.66. The number of aryl methyl sites for hydroxylation is 1. The molecule has 4 heteroatoms. The van der Waals surface area contributed by atoms with E-state index in [0.717, 1.165) is 17.2 Å². The molecule has 0 amide bonds. The van der Waals surface area contributed by atoms with Gasteiger partial charge in [0.2, 0.25) is 0 Å². The van der Waals surface area contributed by atoms with Gasteiger partial charge in [-0.25, -0.2) is 4.98 Å². The van der Waals surface area contributed by atoms with Gasteiger partial charge in [0.1, 0.15) is 5.01 Å². The van der Waals surface area contributed by atoms with E-state index < -0.39 is 0 Å². The molecule has 0 atom stereocenters. The second-order valence-electron chi connectivity index (χ2n) is 4.42. The Morgan fingerprint density at radius 1 is 1.33 bits per heavy atom. The quantitative estimate of drug-likeness (QED) is 0.784. The van der Waals surface area contributed by atoms with E-state index in [4.69, 9.17) is 5.73 Å². The fraction of sp³-hybridized carbons (Fsp3) is 0.214. The van der Waals surface area contributed by atoms with E-state index in [1.807, 2.05) is 6.92 Å². The first-order valence-corrected chi connectivity index (χ1v) is 6.83. The van der Waals surface area contributed by atoms with E-state index in [9.17, 15) is 0 Å². The van der Waals surface area contributed by atoms with Crippen LogP contribution in [0.15, 0.2) is 35.8 Å². The molecule has 0 bridgehead atoms. The third kappa shape index (κ3) is 2.05.